The Balaban J connectivity index is 2.68. The molecule has 3 nitrogen and oxygen atoms in total. The second-order valence-electron chi connectivity index (χ2n) is 2.87. The summed E-state index contributed by atoms with van der Waals surface area (Å²) in [5.41, 5.74) is 6.23. The maximum Gasteiger partial charge on any atom is 0.128 e. The van der Waals surface area contributed by atoms with Gasteiger partial charge < -0.3 is 10.6 Å². The first kappa shape index (κ1) is 8.84. The molecule has 0 spiro atoms. The first-order valence-electron chi connectivity index (χ1n) is 4.16. The number of hydrogen-bond donors (Lipinski definition) is 1. The summed E-state index contributed by atoms with van der Waals surface area (Å²) in [5.74, 6) is 0.978. The summed E-state index contributed by atoms with van der Waals surface area (Å²) in [5, 5.41) is 0. The average molecular weight is 165 g/mol. The Morgan fingerprint density at radius 1 is 1.50 bits per heavy atom. The van der Waals surface area contributed by atoms with Crippen molar-refractivity contribution in [2.75, 3.05) is 24.2 Å². The highest BCUT2D eigenvalue weighted by Crippen LogP contribution is 2.10. The standard InChI is InChI=1S/C9H15N3/c1-3-6-12(2)9-5-4-8(10)7-11-9/h4-5,7H,3,6,10H2,1-2H3. The molecule has 0 aromatic carbocycles. The normalized spacial score (nSPS) is 9.83. The van der Waals surface area contributed by atoms with Gasteiger partial charge in [0.1, 0.15) is 5.82 Å². The van der Waals surface area contributed by atoms with Crippen molar-refractivity contribution in [1.29, 1.82) is 0 Å². The Kier molecular flexibility index (Phi) is 2.91. The monoisotopic (exact) mass is 165 g/mol. The maximum atomic E-state index is 5.52. The van der Waals surface area contributed by atoms with E-state index in [0.717, 1.165) is 18.8 Å². The van der Waals surface area contributed by atoms with Crippen LogP contribution in [0.15, 0.2) is 18.3 Å². The molecule has 0 aliphatic heterocycles. The molecule has 1 rings (SSSR count). The lowest BCUT2D eigenvalue weighted by molar-refractivity contribution is 0.838. The highest BCUT2D eigenvalue weighted by Gasteiger charge is 1.98. The molecule has 0 saturated carbocycles. The number of nitrogens with two attached hydrogens (primary N) is 1. The Morgan fingerprint density at radius 3 is 2.75 bits per heavy atom. The van der Waals surface area contributed by atoms with Crippen molar-refractivity contribution in [3.63, 3.8) is 0 Å². The smallest absolute Gasteiger partial charge is 0.128 e. The highest BCUT2D eigenvalue weighted by molar-refractivity contribution is 5.44. The zero-order valence-electron chi connectivity index (χ0n) is 7.62. The van der Waals surface area contributed by atoms with Crippen LogP contribution in [-0.4, -0.2) is 18.6 Å². The van der Waals surface area contributed by atoms with Gasteiger partial charge in [0.15, 0.2) is 0 Å². The summed E-state index contributed by atoms with van der Waals surface area (Å²) in [4.78, 5) is 6.31. The second-order valence-corrected chi connectivity index (χ2v) is 2.87. The Morgan fingerprint density at radius 2 is 2.25 bits per heavy atom. The van der Waals surface area contributed by atoms with E-state index in [2.05, 4.69) is 16.8 Å². The Bertz CT molecular complexity index is 230. The van der Waals surface area contributed by atoms with Gasteiger partial charge in [0.2, 0.25) is 0 Å². The molecule has 1 heterocycles. The van der Waals surface area contributed by atoms with E-state index >= 15 is 0 Å². The van der Waals surface area contributed by atoms with Crippen LogP contribution >= 0.6 is 0 Å². The van der Waals surface area contributed by atoms with Crippen LogP contribution in [-0.2, 0) is 0 Å². The third-order valence-electron chi connectivity index (χ3n) is 1.72. The Labute approximate surface area is 73.2 Å². The van der Waals surface area contributed by atoms with Crippen molar-refractivity contribution in [3.8, 4) is 0 Å². The number of nitrogen functional groups attached to an aromatic ring is 1. The predicted octanol–water partition coefficient (Wildman–Crippen LogP) is 1.51. The lowest BCUT2D eigenvalue weighted by Gasteiger charge is -2.16. The molecule has 12 heavy (non-hydrogen) atoms. The van der Waals surface area contributed by atoms with Crippen LogP contribution in [0.3, 0.4) is 0 Å². The average Bonchev–Trinajstić information content (AvgIpc) is 2.06. The number of nitrogens with zero attached hydrogens (tertiary/aromatic N) is 2. The highest BCUT2D eigenvalue weighted by atomic mass is 15.2. The molecule has 0 atom stereocenters. The predicted molar refractivity (Wildman–Crippen MR) is 52.2 cm³/mol. The molecular weight excluding hydrogens is 150 g/mol. The fourth-order valence-corrected chi connectivity index (χ4v) is 1.07. The van der Waals surface area contributed by atoms with Gasteiger partial charge in [0.05, 0.1) is 11.9 Å². The second kappa shape index (κ2) is 3.95. The van der Waals surface area contributed by atoms with E-state index in [-0.39, 0.29) is 0 Å². The minimum atomic E-state index is 0.712. The number of hydrogen-bond acceptors (Lipinski definition) is 3. The van der Waals surface area contributed by atoms with Gasteiger partial charge in [-0.05, 0) is 18.6 Å². The van der Waals surface area contributed by atoms with Crippen LogP contribution < -0.4 is 10.6 Å². The summed E-state index contributed by atoms with van der Waals surface area (Å²) in [6, 6.07) is 3.81. The zero-order chi connectivity index (χ0) is 8.97. The van der Waals surface area contributed by atoms with E-state index in [9.17, 15) is 0 Å². The molecule has 0 aliphatic carbocycles. The summed E-state index contributed by atoms with van der Waals surface area (Å²) in [7, 11) is 2.03. The van der Waals surface area contributed by atoms with Crippen molar-refractivity contribution >= 4 is 11.5 Å². The third-order valence-corrected chi connectivity index (χ3v) is 1.72. The van der Waals surface area contributed by atoms with Crippen molar-refractivity contribution in [3.05, 3.63) is 18.3 Å². The van der Waals surface area contributed by atoms with Gasteiger partial charge in [-0.25, -0.2) is 4.98 Å². The number of rotatable bonds is 3. The van der Waals surface area contributed by atoms with Crippen LogP contribution in [0.2, 0.25) is 0 Å². The van der Waals surface area contributed by atoms with E-state index in [1.54, 1.807) is 6.20 Å². The molecule has 1 aromatic rings. The van der Waals surface area contributed by atoms with Gasteiger partial charge in [-0.1, -0.05) is 6.92 Å². The molecule has 0 fully saturated rings. The first-order chi connectivity index (χ1) is 5.74. The topological polar surface area (TPSA) is 42.1 Å². The quantitative estimate of drug-likeness (QED) is 0.738. The van der Waals surface area contributed by atoms with E-state index < -0.39 is 0 Å². The maximum absolute atomic E-state index is 5.52. The van der Waals surface area contributed by atoms with Crippen LogP contribution in [0.5, 0.6) is 0 Å². The molecule has 3 heteroatoms. The fraction of sp³-hybridized carbons (Fsp3) is 0.444. The minimum Gasteiger partial charge on any atom is -0.397 e. The molecular formula is C9H15N3. The molecule has 66 valence electrons. The number of aromatic nitrogens is 1. The van der Waals surface area contributed by atoms with Crippen molar-refractivity contribution in [1.82, 2.24) is 4.98 Å². The largest absolute Gasteiger partial charge is 0.397 e. The van der Waals surface area contributed by atoms with Crippen molar-refractivity contribution < 1.29 is 0 Å². The van der Waals surface area contributed by atoms with Crippen LogP contribution in [0.4, 0.5) is 11.5 Å². The van der Waals surface area contributed by atoms with Crippen LogP contribution in [0.25, 0.3) is 0 Å². The molecule has 2 N–H and O–H groups in total. The molecule has 0 saturated heterocycles. The van der Waals surface area contributed by atoms with Gasteiger partial charge in [-0.15, -0.1) is 0 Å². The molecule has 0 aliphatic rings. The third kappa shape index (κ3) is 2.12. The summed E-state index contributed by atoms with van der Waals surface area (Å²) in [6.45, 7) is 3.17. The summed E-state index contributed by atoms with van der Waals surface area (Å²) >= 11 is 0. The SMILES string of the molecule is CCCN(C)c1ccc(N)cn1. The minimum absolute atomic E-state index is 0.712. The van der Waals surface area contributed by atoms with E-state index in [1.807, 2.05) is 19.2 Å². The first-order valence-corrected chi connectivity index (χ1v) is 4.16. The zero-order valence-corrected chi connectivity index (χ0v) is 7.62. The Hall–Kier alpha value is -1.25. The lowest BCUT2D eigenvalue weighted by atomic mass is 10.4. The van der Waals surface area contributed by atoms with Crippen LogP contribution in [0.1, 0.15) is 13.3 Å². The van der Waals surface area contributed by atoms with E-state index in [1.165, 1.54) is 0 Å². The summed E-state index contributed by atoms with van der Waals surface area (Å²) in [6.07, 6.45) is 2.81. The number of pyridine rings is 1. The fourth-order valence-electron chi connectivity index (χ4n) is 1.07. The van der Waals surface area contributed by atoms with Gasteiger partial charge in [0.25, 0.3) is 0 Å². The van der Waals surface area contributed by atoms with E-state index in [0.29, 0.717) is 5.69 Å². The van der Waals surface area contributed by atoms with Crippen molar-refractivity contribution in [2.24, 2.45) is 0 Å². The molecule has 0 bridgehead atoms. The van der Waals surface area contributed by atoms with Gasteiger partial charge >= 0.3 is 0 Å². The van der Waals surface area contributed by atoms with Crippen LogP contribution in [0, 0.1) is 0 Å². The van der Waals surface area contributed by atoms with Gasteiger partial charge in [-0.3, -0.25) is 0 Å². The molecule has 0 unspecified atom stereocenters. The van der Waals surface area contributed by atoms with Gasteiger partial charge in [0, 0.05) is 13.6 Å². The molecule has 1 aromatic heterocycles. The van der Waals surface area contributed by atoms with Crippen molar-refractivity contribution in [2.45, 2.75) is 13.3 Å². The molecule has 0 amide bonds. The number of anilines is 2. The lowest BCUT2D eigenvalue weighted by Crippen LogP contribution is -2.18. The van der Waals surface area contributed by atoms with Gasteiger partial charge in [-0.2, -0.15) is 0 Å². The summed E-state index contributed by atoms with van der Waals surface area (Å²) < 4.78 is 0. The molecule has 0 radical (unpaired) electrons. The van der Waals surface area contributed by atoms with E-state index in [4.69, 9.17) is 5.73 Å².